The van der Waals surface area contributed by atoms with Crippen molar-refractivity contribution in [1.82, 2.24) is 5.32 Å². The Morgan fingerprint density at radius 1 is 1.03 bits per heavy atom. The van der Waals surface area contributed by atoms with E-state index in [9.17, 15) is 13.2 Å². The predicted octanol–water partition coefficient (Wildman–Crippen LogP) is 3.00. The number of benzene rings is 3. The Balaban J connectivity index is 1.48. The van der Waals surface area contributed by atoms with Crippen molar-refractivity contribution in [2.45, 2.75) is 11.3 Å². The highest BCUT2D eigenvalue weighted by atomic mass is 32.2. The first-order chi connectivity index (χ1) is 15.3. The number of hydrogen-bond donors (Lipinski definition) is 1. The number of para-hydroxylation sites is 1. The third-order valence-corrected chi connectivity index (χ3v) is 7.75. The maximum Gasteiger partial charge on any atom is 0.356 e. The van der Waals surface area contributed by atoms with E-state index < -0.39 is 10.0 Å². The highest BCUT2D eigenvalue weighted by Crippen LogP contribution is 2.33. The Bertz CT molecular complexity index is 1320. The Hall–Kier alpha value is -2.93. The minimum atomic E-state index is -3.68. The lowest BCUT2D eigenvalue weighted by molar-refractivity contribution is -0.294. The number of fused-ring (bicyclic) bond motifs is 1. The second kappa shape index (κ2) is 8.90. The monoisotopic (exact) mass is 482 g/mol. The number of carbonyl (C=O) groups is 1. The molecule has 4 rings (SSSR count). The van der Waals surface area contributed by atoms with Gasteiger partial charge in [0.05, 0.1) is 22.9 Å². The van der Waals surface area contributed by atoms with Gasteiger partial charge >= 0.3 is 11.0 Å². The standard InChI is InChI=1S/C23H20N3O3PS2/c1-25(23(31)24-22(27)17-6-10-19(30)11-7-17)18-8-12-20(13-9-18)32(28,29)26-15-14-16-4-2-3-5-21(16)26/h2-13H,1,14-15,30H2/p+1. The lowest BCUT2D eigenvalue weighted by Crippen LogP contribution is -2.35. The van der Waals surface area contributed by atoms with Gasteiger partial charge < -0.3 is 0 Å². The zero-order valence-electron chi connectivity index (χ0n) is 17.1. The maximum atomic E-state index is 13.2. The van der Waals surface area contributed by atoms with Crippen LogP contribution < -0.4 is 14.9 Å². The van der Waals surface area contributed by atoms with Gasteiger partial charge in [0.15, 0.2) is 0 Å². The van der Waals surface area contributed by atoms with Gasteiger partial charge in [-0.3, -0.25) is 4.31 Å². The van der Waals surface area contributed by atoms with E-state index in [2.05, 4.69) is 21.3 Å². The van der Waals surface area contributed by atoms with E-state index in [1.54, 1.807) is 24.3 Å². The van der Waals surface area contributed by atoms with Gasteiger partial charge in [-0.05, 0) is 59.8 Å². The normalized spacial score (nSPS) is 12.8. The first-order valence-corrected chi connectivity index (χ1v) is 12.2. The highest BCUT2D eigenvalue weighted by molar-refractivity contribution is 7.92. The largest absolute Gasteiger partial charge is 0.356 e. The summed E-state index contributed by atoms with van der Waals surface area (Å²) in [5, 5.41) is 3.71. The van der Waals surface area contributed by atoms with Gasteiger partial charge in [-0.15, -0.1) is 9.24 Å². The molecule has 1 N–H and O–H groups in total. The predicted molar refractivity (Wildman–Crippen MR) is 134 cm³/mol. The average molecular weight is 483 g/mol. The molecule has 1 aliphatic heterocycles. The van der Waals surface area contributed by atoms with Gasteiger partial charge in [0.1, 0.15) is 5.69 Å². The number of nitrogens with one attached hydrogen (secondary N) is 1. The van der Waals surface area contributed by atoms with Gasteiger partial charge in [-0.1, -0.05) is 30.3 Å². The van der Waals surface area contributed by atoms with Crippen LogP contribution in [0.5, 0.6) is 0 Å². The molecule has 1 heterocycles. The fourth-order valence-corrected chi connectivity index (χ4v) is 5.37. The van der Waals surface area contributed by atoms with Crippen LogP contribution in [0.2, 0.25) is 0 Å². The molecule has 162 valence electrons. The zero-order valence-corrected chi connectivity index (χ0v) is 19.9. The molecule has 3 aromatic rings. The van der Waals surface area contributed by atoms with Gasteiger partial charge in [0, 0.05) is 18.8 Å². The molecular weight excluding hydrogens is 461 g/mol. The number of rotatable bonds is 4. The maximum absolute atomic E-state index is 13.2. The van der Waals surface area contributed by atoms with E-state index in [4.69, 9.17) is 12.2 Å². The lowest BCUT2D eigenvalue weighted by atomic mass is 10.2. The summed E-state index contributed by atoms with van der Waals surface area (Å²) in [5.41, 5.74) is 2.76. The van der Waals surface area contributed by atoms with Crippen LogP contribution in [0.3, 0.4) is 0 Å². The van der Waals surface area contributed by atoms with E-state index in [1.165, 1.54) is 21.0 Å². The zero-order chi connectivity index (χ0) is 22.9. The van der Waals surface area contributed by atoms with Crippen molar-refractivity contribution >= 4 is 65.9 Å². The molecule has 0 radical (unpaired) electrons. The van der Waals surface area contributed by atoms with Crippen LogP contribution in [0.15, 0.2) is 77.7 Å². The van der Waals surface area contributed by atoms with Crippen LogP contribution in [0.4, 0.5) is 11.4 Å². The first kappa shape index (κ1) is 22.3. The smallest absolute Gasteiger partial charge is 0.266 e. The van der Waals surface area contributed by atoms with Crippen molar-refractivity contribution in [3.8, 4) is 0 Å². The summed E-state index contributed by atoms with van der Waals surface area (Å²) in [6, 6.07) is 20.8. The third kappa shape index (κ3) is 4.35. The molecule has 0 aliphatic carbocycles. The second-order valence-electron chi connectivity index (χ2n) is 7.26. The van der Waals surface area contributed by atoms with Crippen molar-refractivity contribution in [2.24, 2.45) is 0 Å². The molecule has 0 fully saturated rings. The van der Waals surface area contributed by atoms with Gasteiger partial charge in [0.2, 0.25) is 0 Å². The summed E-state index contributed by atoms with van der Waals surface area (Å²) < 4.78 is 29.1. The fraction of sp³-hybridized carbons (Fsp3) is 0.0870. The highest BCUT2D eigenvalue weighted by Gasteiger charge is 2.30. The molecule has 1 amide bonds. The van der Waals surface area contributed by atoms with Gasteiger partial charge in [0.25, 0.3) is 10.0 Å². The van der Waals surface area contributed by atoms with E-state index in [0.717, 1.165) is 10.9 Å². The quantitative estimate of drug-likeness (QED) is 0.269. The molecule has 0 saturated heterocycles. The van der Waals surface area contributed by atoms with Crippen molar-refractivity contribution in [3.05, 3.63) is 83.9 Å². The summed E-state index contributed by atoms with van der Waals surface area (Å²) in [7, 11) is -1.13. The molecule has 0 bridgehead atoms. The molecule has 1 unspecified atom stereocenters. The molecule has 1 atom stereocenters. The average Bonchev–Trinajstić information content (AvgIpc) is 3.24. The van der Waals surface area contributed by atoms with Crippen molar-refractivity contribution in [1.29, 1.82) is 0 Å². The minimum Gasteiger partial charge on any atom is -0.266 e. The van der Waals surface area contributed by atoms with Crippen molar-refractivity contribution in [3.63, 3.8) is 0 Å². The summed E-state index contributed by atoms with van der Waals surface area (Å²) in [6.45, 7) is 4.30. The van der Waals surface area contributed by atoms with E-state index >= 15 is 0 Å². The van der Waals surface area contributed by atoms with Crippen LogP contribution in [-0.2, 0) is 16.4 Å². The summed E-state index contributed by atoms with van der Waals surface area (Å²) in [4.78, 5) is 12.6. The SMILES string of the molecule is C=[N+](C(=S)NC(=O)c1ccc(P)cc1)c1ccc(S(=O)(=O)N2CCc3ccccc32)cc1. The van der Waals surface area contributed by atoms with Crippen molar-refractivity contribution < 1.29 is 17.8 Å². The second-order valence-corrected chi connectivity index (χ2v) is 10.2. The molecule has 0 saturated carbocycles. The molecule has 1 aliphatic rings. The number of sulfonamides is 1. The van der Waals surface area contributed by atoms with E-state index in [-0.39, 0.29) is 15.9 Å². The van der Waals surface area contributed by atoms with Crippen LogP contribution in [0.1, 0.15) is 15.9 Å². The number of hydrogen-bond acceptors (Lipinski definition) is 4. The Labute approximate surface area is 194 Å². The Morgan fingerprint density at radius 2 is 1.69 bits per heavy atom. The molecule has 0 aromatic heterocycles. The number of carbonyl (C=O) groups excluding carboxylic acids is 1. The van der Waals surface area contributed by atoms with Crippen LogP contribution in [-0.4, -0.2) is 37.3 Å². The topological polar surface area (TPSA) is 69.5 Å². The Morgan fingerprint density at radius 3 is 2.38 bits per heavy atom. The first-order valence-electron chi connectivity index (χ1n) is 9.79. The van der Waals surface area contributed by atoms with Crippen LogP contribution >= 0.6 is 21.5 Å². The number of anilines is 1. The summed E-state index contributed by atoms with van der Waals surface area (Å²) in [6.07, 6.45) is 0.688. The van der Waals surface area contributed by atoms with Gasteiger partial charge in [-0.2, -0.15) is 9.89 Å². The third-order valence-electron chi connectivity index (χ3n) is 5.22. The van der Waals surface area contributed by atoms with E-state index in [1.807, 2.05) is 36.4 Å². The fourth-order valence-electron chi connectivity index (χ4n) is 3.47. The van der Waals surface area contributed by atoms with E-state index in [0.29, 0.717) is 29.9 Å². The molecular formula is C23H21N3O3PS2+. The number of amides is 1. The summed E-state index contributed by atoms with van der Waals surface area (Å²) >= 11 is 5.30. The Kier molecular flexibility index (Phi) is 6.20. The molecule has 3 aromatic carbocycles. The number of thiocarbonyl (C=S) groups is 1. The molecule has 6 nitrogen and oxygen atoms in total. The number of nitrogens with zero attached hydrogens (tertiary/aromatic N) is 2. The summed E-state index contributed by atoms with van der Waals surface area (Å²) in [5.74, 6) is -0.347. The van der Waals surface area contributed by atoms with Crippen molar-refractivity contribution in [2.75, 3.05) is 10.8 Å². The lowest BCUT2D eigenvalue weighted by Gasteiger charge is -2.19. The molecule has 0 spiro atoms. The van der Waals surface area contributed by atoms with Gasteiger partial charge in [-0.25, -0.2) is 13.2 Å². The molecule has 32 heavy (non-hydrogen) atoms. The molecule has 9 heteroatoms. The van der Waals surface area contributed by atoms with Crippen LogP contribution in [0.25, 0.3) is 0 Å². The van der Waals surface area contributed by atoms with Crippen LogP contribution in [0, 0.1) is 0 Å². The minimum absolute atomic E-state index is 0.106.